The van der Waals surface area contributed by atoms with Gasteiger partial charge in [0.1, 0.15) is 0 Å². The van der Waals surface area contributed by atoms with E-state index in [-0.39, 0.29) is 0 Å². The highest BCUT2D eigenvalue weighted by molar-refractivity contribution is 9.10. The molecule has 0 aliphatic carbocycles. The number of benzene rings is 1. The molecule has 1 nitrogen and oxygen atoms in total. The molecule has 1 saturated heterocycles. The van der Waals surface area contributed by atoms with Crippen LogP contribution in [0.2, 0.25) is 0 Å². The van der Waals surface area contributed by atoms with Crippen molar-refractivity contribution in [1.29, 1.82) is 0 Å². The molecule has 2 heteroatoms. The number of nitrogens with zero attached hydrogens (tertiary/aromatic N) is 1. The van der Waals surface area contributed by atoms with Gasteiger partial charge in [0.25, 0.3) is 0 Å². The van der Waals surface area contributed by atoms with E-state index in [1.54, 1.807) is 0 Å². The van der Waals surface area contributed by atoms with Gasteiger partial charge in [0.2, 0.25) is 0 Å². The van der Waals surface area contributed by atoms with E-state index in [1.807, 2.05) is 0 Å². The standard InChI is InChI=1S/C12H16BrN/c13-12-5-3-4-11(10-12)6-9-14-7-1-2-8-14/h3-5,10H,1-2,6-9H2. The van der Waals surface area contributed by atoms with Crippen LogP contribution in [0.3, 0.4) is 0 Å². The van der Waals surface area contributed by atoms with Crippen molar-refractivity contribution in [1.82, 2.24) is 4.90 Å². The largest absolute Gasteiger partial charge is 0.303 e. The van der Waals surface area contributed by atoms with Gasteiger partial charge in [-0.15, -0.1) is 0 Å². The molecule has 1 aromatic carbocycles. The van der Waals surface area contributed by atoms with E-state index < -0.39 is 0 Å². The van der Waals surface area contributed by atoms with E-state index >= 15 is 0 Å². The van der Waals surface area contributed by atoms with Crippen molar-refractivity contribution in [3.05, 3.63) is 34.3 Å². The first-order valence-electron chi connectivity index (χ1n) is 5.31. The second kappa shape index (κ2) is 4.94. The van der Waals surface area contributed by atoms with Gasteiger partial charge in [-0.3, -0.25) is 0 Å². The molecule has 0 aromatic heterocycles. The second-order valence-corrected chi connectivity index (χ2v) is 4.84. The van der Waals surface area contributed by atoms with Crippen LogP contribution in [0.5, 0.6) is 0 Å². The van der Waals surface area contributed by atoms with E-state index in [9.17, 15) is 0 Å². The highest BCUT2D eigenvalue weighted by atomic mass is 79.9. The predicted octanol–water partition coefficient (Wildman–Crippen LogP) is 3.09. The van der Waals surface area contributed by atoms with E-state index in [2.05, 4.69) is 45.1 Å². The number of hydrogen-bond acceptors (Lipinski definition) is 1. The summed E-state index contributed by atoms with van der Waals surface area (Å²) in [5.74, 6) is 0. The van der Waals surface area contributed by atoms with Crippen LogP contribution in [-0.4, -0.2) is 24.5 Å². The van der Waals surface area contributed by atoms with Crippen LogP contribution in [0.4, 0.5) is 0 Å². The molecule has 1 heterocycles. The van der Waals surface area contributed by atoms with Gasteiger partial charge in [0, 0.05) is 11.0 Å². The summed E-state index contributed by atoms with van der Waals surface area (Å²) in [6.07, 6.45) is 3.95. The van der Waals surface area contributed by atoms with Crippen molar-refractivity contribution in [2.75, 3.05) is 19.6 Å². The van der Waals surface area contributed by atoms with Gasteiger partial charge >= 0.3 is 0 Å². The van der Waals surface area contributed by atoms with Crippen molar-refractivity contribution < 1.29 is 0 Å². The minimum absolute atomic E-state index is 1.18. The lowest BCUT2D eigenvalue weighted by Gasteiger charge is -2.14. The quantitative estimate of drug-likeness (QED) is 0.801. The lowest BCUT2D eigenvalue weighted by molar-refractivity contribution is 0.343. The van der Waals surface area contributed by atoms with Crippen molar-refractivity contribution in [3.8, 4) is 0 Å². The zero-order valence-electron chi connectivity index (χ0n) is 8.38. The second-order valence-electron chi connectivity index (χ2n) is 3.93. The highest BCUT2D eigenvalue weighted by Crippen LogP contribution is 2.13. The van der Waals surface area contributed by atoms with Gasteiger partial charge in [-0.25, -0.2) is 0 Å². The van der Waals surface area contributed by atoms with Crippen molar-refractivity contribution >= 4 is 15.9 Å². The van der Waals surface area contributed by atoms with Crippen molar-refractivity contribution in [2.45, 2.75) is 19.3 Å². The molecule has 0 N–H and O–H groups in total. The summed E-state index contributed by atoms with van der Waals surface area (Å²) in [7, 11) is 0. The zero-order chi connectivity index (χ0) is 9.80. The van der Waals surface area contributed by atoms with E-state index in [0.29, 0.717) is 0 Å². The molecule has 1 fully saturated rings. The molecule has 0 atom stereocenters. The number of hydrogen-bond donors (Lipinski definition) is 0. The summed E-state index contributed by atoms with van der Waals surface area (Å²) in [6, 6.07) is 8.62. The Morgan fingerprint density at radius 1 is 1.21 bits per heavy atom. The lowest BCUT2D eigenvalue weighted by Crippen LogP contribution is -2.21. The van der Waals surface area contributed by atoms with Gasteiger partial charge < -0.3 is 4.90 Å². The van der Waals surface area contributed by atoms with Gasteiger partial charge in [-0.2, -0.15) is 0 Å². The van der Waals surface area contributed by atoms with Crippen molar-refractivity contribution in [2.24, 2.45) is 0 Å². The molecule has 76 valence electrons. The van der Waals surface area contributed by atoms with Gasteiger partial charge in [0.15, 0.2) is 0 Å². The minimum Gasteiger partial charge on any atom is -0.303 e. The molecule has 2 rings (SSSR count). The van der Waals surface area contributed by atoms with Crippen LogP contribution in [-0.2, 0) is 6.42 Å². The Labute approximate surface area is 94.2 Å². The Kier molecular flexibility index (Phi) is 3.60. The first-order chi connectivity index (χ1) is 6.84. The molecular weight excluding hydrogens is 238 g/mol. The van der Waals surface area contributed by atoms with E-state index in [1.165, 1.54) is 48.9 Å². The monoisotopic (exact) mass is 253 g/mol. The maximum Gasteiger partial charge on any atom is 0.0178 e. The first-order valence-corrected chi connectivity index (χ1v) is 6.11. The molecule has 14 heavy (non-hydrogen) atoms. The molecular formula is C12H16BrN. The summed E-state index contributed by atoms with van der Waals surface area (Å²) in [6.45, 7) is 3.82. The fraction of sp³-hybridized carbons (Fsp3) is 0.500. The van der Waals surface area contributed by atoms with E-state index in [0.717, 1.165) is 0 Å². The summed E-state index contributed by atoms with van der Waals surface area (Å²) in [5, 5.41) is 0. The molecule has 1 aliphatic heterocycles. The maximum atomic E-state index is 3.50. The fourth-order valence-electron chi connectivity index (χ4n) is 1.99. The average Bonchev–Trinajstić information content (AvgIpc) is 2.67. The third-order valence-electron chi connectivity index (χ3n) is 2.80. The number of halogens is 1. The first kappa shape index (κ1) is 10.2. The molecule has 0 amide bonds. The Balaban J connectivity index is 1.85. The summed E-state index contributed by atoms with van der Waals surface area (Å²) in [4.78, 5) is 2.56. The van der Waals surface area contributed by atoms with Crippen molar-refractivity contribution in [3.63, 3.8) is 0 Å². The van der Waals surface area contributed by atoms with Crippen LogP contribution in [0, 0.1) is 0 Å². The fourth-order valence-corrected chi connectivity index (χ4v) is 2.43. The Morgan fingerprint density at radius 2 is 2.00 bits per heavy atom. The lowest BCUT2D eigenvalue weighted by atomic mass is 10.1. The molecule has 0 radical (unpaired) electrons. The maximum absolute atomic E-state index is 3.50. The predicted molar refractivity (Wildman–Crippen MR) is 63.5 cm³/mol. The Morgan fingerprint density at radius 3 is 2.71 bits per heavy atom. The van der Waals surface area contributed by atoms with E-state index in [4.69, 9.17) is 0 Å². The molecule has 1 aromatic rings. The third kappa shape index (κ3) is 2.82. The Bertz CT molecular complexity index is 292. The Hall–Kier alpha value is -0.340. The summed E-state index contributed by atoms with van der Waals surface area (Å²) >= 11 is 3.50. The molecule has 0 spiro atoms. The van der Waals surface area contributed by atoms with Crippen LogP contribution in [0.25, 0.3) is 0 Å². The number of rotatable bonds is 3. The smallest absolute Gasteiger partial charge is 0.0178 e. The van der Waals surface area contributed by atoms with Crippen LogP contribution < -0.4 is 0 Å². The molecule has 1 aliphatic rings. The topological polar surface area (TPSA) is 3.24 Å². The zero-order valence-corrected chi connectivity index (χ0v) is 9.96. The van der Waals surface area contributed by atoms with Crippen LogP contribution in [0.1, 0.15) is 18.4 Å². The van der Waals surface area contributed by atoms with Crippen LogP contribution in [0.15, 0.2) is 28.7 Å². The molecule has 0 bridgehead atoms. The summed E-state index contributed by atoms with van der Waals surface area (Å²) < 4.78 is 1.19. The molecule has 0 unspecified atom stereocenters. The third-order valence-corrected chi connectivity index (χ3v) is 3.30. The minimum atomic E-state index is 1.18. The van der Waals surface area contributed by atoms with Gasteiger partial charge in [-0.05, 0) is 50.0 Å². The summed E-state index contributed by atoms with van der Waals surface area (Å²) in [5.41, 5.74) is 1.44. The van der Waals surface area contributed by atoms with Gasteiger partial charge in [0.05, 0.1) is 0 Å². The molecule has 0 saturated carbocycles. The van der Waals surface area contributed by atoms with Gasteiger partial charge in [-0.1, -0.05) is 28.1 Å². The highest BCUT2D eigenvalue weighted by Gasteiger charge is 2.10. The number of likely N-dealkylation sites (tertiary alicyclic amines) is 1. The SMILES string of the molecule is Brc1cccc(CCN2CCCC2)c1. The van der Waals surface area contributed by atoms with Crippen LogP contribution >= 0.6 is 15.9 Å². The normalized spacial score (nSPS) is 17.5. The average molecular weight is 254 g/mol.